The highest BCUT2D eigenvalue weighted by molar-refractivity contribution is 5.58. The maximum Gasteiger partial charge on any atom is 0.186 e. The average molecular weight is 231 g/mol. The first-order chi connectivity index (χ1) is 8.11. The molecule has 0 saturated heterocycles. The van der Waals surface area contributed by atoms with Crippen molar-refractivity contribution in [3.8, 4) is 11.4 Å². The van der Waals surface area contributed by atoms with Crippen LogP contribution < -0.4 is 5.32 Å². The molecule has 88 valence electrons. The molecule has 0 bridgehead atoms. The van der Waals surface area contributed by atoms with Gasteiger partial charge in [-0.1, -0.05) is 29.8 Å². The van der Waals surface area contributed by atoms with Gasteiger partial charge in [0.1, 0.15) is 0 Å². The lowest BCUT2D eigenvalue weighted by Crippen LogP contribution is -2.03. The van der Waals surface area contributed by atoms with E-state index in [4.69, 9.17) is 0 Å². The van der Waals surface area contributed by atoms with E-state index in [-0.39, 0.29) is 5.82 Å². The summed E-state index contributed by atoms with van der Waals surface area (Å²) in [5.41, 5.74) is 2.40. The Labute approximate surface area is 99.7 Å². The van der Waals surface area contributed by atoms with Crippen molar-refractivity contribution in [1.82, 2.24) is 9.97 Å². The van der Waals surface area contributed by atoms with E-state index in [9.17, 15) is 4.39 Å². The third-order valence-electron chi connectivity index (χ3n) is 2.56. The zero-order chi connectivity index (χ0) is 12.4. The molecule has 0 unspecified atom stereocenters. The number of nitrogens with zero attached hydrogens (tertiary/aromatic N) is 2. The average Bonchev–Trinajstić information content (AvgIpc) is 2.33. The largest absolute Gasteiger partial charge is 0.371 e. The number of benzene rings is 1. The number of aryl methyl sites for hydroxylation is 2. The molecule has 17 heavy (non-hydrogen) atoms. The standard InChI is InChI=1S/C13H14FN3/c1-8-4-6-10(7-5-8)12-16-9(2)11(14)13(15-3)17-12/h4-7H,1-3H3,(H,15,16,17). The van der Waals surface area contributed by atoms with Crippen LogP contribution in [0, 0.1) is 19.7 Å². The van der Waals surface area contributed by atoms with Crippen LogP contribution in [0.3, 0.4) is 0 Å². The van der Waals surface area contributed by atoms with E-state index in [2.05, 4.69) is 15.3 Å². The van der Waals surface area contributed by atoms with Crippen molar-refractivity contribution < 1.29 is 4.39 Å². The molecule has 1 aromatic carbocycles. The maximum absolute atomic E-state index is 13.6. The lowest BCUT2D eigenvalue weighted by Gasteiger charge is -2.07. The minimum Gasteiger partial charge on any atom is -0.371 e. The summed E-state index contributed by atoms with van der Waals surface area (Å²) in [6.45, 7) is 3.65. The first-order valence-electron chi connectivity index (χ1n) is 5.40. The molecule has 2 rings (SSSR count). The first-order valence-corrected chi connectivity index (χ1v) is 5.40. The van der Waals surface area contributed by atoms with Gasteiger partial charge in [-0.15, -0.1) is 0 Å². The quantitative estimate of drug-likeness (QED) is 0.863. The monoisotopic (exact) mass is 231 g/mol. The molecule has 1 aromatic heterocycles. The summed E-state index contributed by atoms with van der Waals surface area (Å²) < 4.78 is 13.6. The third kappa shape index (κ3) is 2.25. The lowest BCUT2D eigenvalue weighted by molar-refractivity contribution is 0.607. The fraction of sp³-hybridized carbons (Fsp3) is 0.231. The third-order valence-corrected chi connectivity index (χ3v) is 2.56. The fourth-order valence-corrected chi connectivity index (χ4v) is 1.56. The van der Waals surface area contributed by atoms with E-state index in [0.29, 0.717) is 11.5 Å². The number of hydrogen-bond acceptors (Lipinski definition) is 3. The molecule has 0 aliphatic carbocycles. The first kappa shape index (κ1) is 11.5. The van der Waals surface area contributed by atoms with Gasteiger partial charge in [0.15, 0.2) is 17.5 Å². The summed E-state index contributed by atoms with van der Waals surface area (Å²) in [7, 11) is 1.64. The van der Waals surface area contributed by atoms with Crippen LogP contribution in [0.1, 0.15) is 11.3 Å². The molecule has 1 N–H and O–H groups in total. The van der Waals surface area contributed by atoms with Gasteiger partial charge in [0.2, 0.25) is 0 Å². The Hall–Kier alpha value is -1.97. The summed E-state index contributed by atoms with van der Waals surface area (Å²) in [4.78, 5) is 8.31. The Morgan fingerprint density at radius 3 is 2.29 bits per heavy atom. The molecular formula is C13H14FN3. The minimum atomic E-state index is -0.400. The lowest BCUT2D eigenvalue weighted by atomic mass is 10.1. The van der Waals surface area contributed by atoms with Crippen LogP contribution in [0.25, 0.3) is 11.4 Å². The molecule has 4 heteroatoms. The Morgan fingerprint density at radius 1 is 1.06 bits per heavy atom. The minimum absolute atomic E-state index is 0.230. The number of rotatable bonds is 2. The van der Waals surface area contributed by atoms with Gasteiger partial charge in [0.05, 0.1) is 5.69 Å². The van der Waals surface area contributed by atoms with Crippen LogP contribution in [0.2, 0.25) is 0 Å². The molecule has 0 spiro atoms. The Morgan fingerprint density at radius 2 is 1.71 bits per heavy atom. The van der Waals surface area contributed by atoms with E-state index in [0.717, 1.165) is 5.56 Å². The van der Waals surface area contributed by atoms with Crippen LogP contribution in [-0.2, 0) is 0 Å². The van der Waals surface area contributed by atoms with Gasteiger partial charge in [-0.05, 0) is 13.8 Å². The van der Waals surface area contributed by atoms with Gasteiger partial charge in [-0.3, -0.25) is 0 Å². The Kier molecular flexibility index (Phi) is 3.04. The van der Waals surface area contributed by atoms with E-state index in [1.165, 1.54) is 5.56 Å². The highest BCUT2D eigenvalue weighted by Gasteiger charge is 2.11. The van der Waals surface area contributed by atoms with Gasteiger partial charge in [0, 0.05) is 12.6 Å². The Balaban J connectivity index is 2.52. The van der Waals surface area contributed by atoms with Crippen LogP contribution in [-0.4, -0.2) is 17.0 Å². The van der Waals surface area contributed by atoms with E-state index < -0.39 is 5.82 Å². The van der Waals surface area contributed by atoms with Crippen molar-refractivity contribution in [2.24, 2.45) is 0 Å². The molecule has 0 radical (unpaired) electrons. The smallest absolute Gasteiger partial charge is 0.186 e. The zero-order valence-corrected chi connectivity index (χ0v) is 10.1. The SMILES string of the molecule is CNc1nc(-c2ccc(C)cc2)nc(C)c1F. The van der Waals surface area contributed by atoms with Crippen molar-refractivity contribution in [2.75, 3.05) is 12.4 Å². The summed E-state index contributed by atoms with van der Waals surface area (Å²) >= 11 is 0. The summed E-state index contributed by atoms with van der Waals surface area (Å²) in [6, 6.07) is 7.83. The molecule has 0 saturated carbocycles. The number of halogens is 1. The second kappa shape index (κ2) is 4.49. The van der Waals surface area contributed by atoms with Crippen LogP contribution >= 0.6 is 0 Å². The summed E-state index contributed by atoms with van der Waals surface area (Å²) in [5.74, 6) is 0.365. The Bertz CT molecular complexity index is 535. The topological polar surface area (TPSA) is 37.8 Å². The van der Waals surface area contributed by atoms with Gasteiger partial charge < -0.3 is 5.32 Å². The van der Waals surface area contributed by atoms with Gasteiger partial charge in [-0.2, -0.15) is 0 Å². The second-order valence-corrected chi connectivity index (χ2v) is 3.91. The summed E-state index contributed by atoms with van der Waals surface area (Å²) in [5, 5.41) is 2.73. The molecular weight excluding hydrogens is 217 g/mol. The van der Waals surface area contributed by atoms with Crippen molar-refractivity contribution >= 4 is 5.82 Å². The number of nitrogens with one attached hydrogen (secondary N) is 1. The molecule has 2 aromatic rings. The number of hydrogen-bond donors (Lipinski definition) is 1. The van der Waals surface area contributed by atoms with Gasteiger partial charge in [0.25, 0.3) is 0 Å². The van der Waals surface area contributed by atoms with Gasteiger partial charge in [-0.25, -0.2) is 14.4 Å². The number of anilines is 1. The normalized spacial score (nSPS) is 10.4. The summed E-state index contributed by atoms with van der Waals surface area (Å²) in [6.07, 6.45) is 0. The van der Waals surface area contributed by atoms with Gasteiger partial charge >= 0.3 is 0 Å². The van der Waals surface area contributed by atoms with Crippen LogP contribution in [0.4, 0.5) is 10.2 Å². The highest BCUT2D eigenvalue weighted by atomic mass is 19.1. The van der Waals surface area contributed by atoms with Crippen LogP contribution in [0.5, 0.6) is 0 Å². The molecule has 3 nitrogen and oxygen atoms in total. The molecule has 0 aliphatic heterocycles. The fourth-order valence-electron chi connectivity index (χ4n) is 1.56. The molecule has 0 fully saturated rings. The predicted molar refractivity (Wildman–Crippen MR) is 66.4 cm³/mol. The number of aromatic nitrogens is 2. The van der Waals surface area contributed by atoms with E-state index in [1.807, 2.05) is 31.2 Å². The van der Waals surface area contributed by atoms with Crippen molar-refractivity contribution in [3.63, 3.8) is 0 Å². The van der Waals surface area contributed by atoms with E-state index >= 15 is 0 Å². The van der Waals surface area contributed by atoms with Crippen molar-refractivity contribution in [3.05, 3.63) is 41.3 Å². The maximum atomic E-state index is 13.6. The zero-order valence-electron chi connectivity index (χ0n) is 10.1. The molecule has 0 amide bonds. The predicted octanol–water partition coefficient (Wildman–Crippen LogP) is 2.94. The molecule has 1 heterocycles. The highest BCUT2D eigenvalue weighted by Crippen LogP contribution is 2.20. The van der Waals surface area contributed by atoms with Crippen LogP contribution in [0.15, 0.2) is 24.3 Å². The van der Waals surface area contributed by atoms with E-state index in [1.54, 1.807) is 14.0 Å². The molecule has 0 atom stereocenters. The molecule has 0 aliphatic rings. The second-order valence-electron chi connectivity index (χ2n) is 3.91. The van der Waals surface area contributed by atoms with Crippen molar-refractivity contribution in [1.29, 1.82) is 0 Å². The van der Waals surface area contributed by atoms with Crippen molar-refractivity contribution in [2.45, 2.75) is 13.8 Å².